The number of ether oxygens (including phenoxy) is 1. The van der Waals surface area contributed by atoms with Gasteiger partial charge < -0.3 is 4.74 Å². The Balaban J connectivity index is 2.45. The largest absolute Gasteiger partial charge is 0.490 e. The Morgan fingerprint density at radius 2 is 1.94 bits per heavy atom. The number of rotatable bonds is 3. The lowest BCUT2D eigenvalue weighted by molar-refractivity contribution is -0.115. The summed E-state index contributed by atoms with van der Waals surface area (Å²) in [6, 6.07) is 9.89. The monoisotopic (exact) mass is 228 g/mol. The van der Waals surface area contributed by atoms with E-state index >= 15 is 0 Å². The van der Waals surface area contributed by atoms with Crippen LogP contribution >= 0.6 is 0 Å². The molecule has 0 fully saturated rings. The highest BCUT2D eigenvalue weighted by Crippen LogP contribution is 2.40. The second-order valence-corrected chi connectivity index (χ2v) is 4.32. The molecule has 17 heavy (non-hydrogen) atoms. The molecule has 0 saturated heterocycles. The van der Waals surface area contributed by atoms with Gasteiger partial charge in [0.25, 0.3) is 0 Å². The zero-order valence-electron chi connectivity index (χ0n) is 10.2. The minimum absolute atomic E-state index is 0.0850. The molecule has 0 spiro atoms. The van der Waals surface area contributed by atoms with E-state index in [-0.39, 0.29) is 5.78 Å². The summed E-state index contributed by atoms with van der Waals surface area (Å²) in [4.78, 5) is 12.0. The van der Waals surface area contributed by atoms with Crippen LogP contribution in [-0.2, 0) is 14.9 Å². The lowest BCUT2D eigenvalue weighted by Crippen LogP contribution is -2.20. The predicted octanol–water partition coefficient (Wildman–Crippen LogP) is 3.00. The highest BCUT2D eigenvalue weighted by molar-refractivity contribution is 6.11. The van der Waals surface area contributed by atoms with Gasteiger partial charge in [0, 0.05) is 11.0 Å². The lowest BCUT2D eigenvalue weighted by atomic mass is 9.79. The van der Waals surface area contributed by atoms with Gasteiger partial charge in [-0.15, -0.1) is 0 Å². The predicted molar refractivity (Wildman–Crippen MR) is 67.7 cm³/mol. The van der Waals surface area contributed by atoms with Crippen LogP contribution in [-0.4, -0.2) is 12.4 Å². The molecule has 0 saturated carbocycles. The highest BCUT2D eigenvalue weighted by atomic mass is 16.5. The average Bonchev–Trinajstić information content (AvgIpc) is 2.57. The van der Waals surface area contributed by atoms with E-state index in [0.29, 0.717) is 17.9 Å². The lowest BCUT2D eigenvalue weighted by Gasteiger charge is -2.22. The van der Waals surface area contributed by atoms with Crippen molar-refractivity contribution in [3.8, 4) is 0 Å². The van der Waals surface area contributed by atoms with Crippen molar-refractivity contribution in [3.05, 3.63) is 59.9 Å². The summed E-state index contributed by atoms with van der Waals surface area (Å²) in [6.07, 6.45) is 1.87. The van der Waals surface area contributed by atoms with Gasteiger partial charge >= 0.3 is 0 Å². The molecule has 0 amide bonds. The third kappa shape index (κ3) is 1.80. The van der Waals surface area contributed by atoms with Crippen LogP contribution < -0.4 is 0 Å². The molecule has 0 bridgehead atoms. The Morgan fingerprint density at radius 3 is 2.53 bits per heavy atom. The SMILES string of the molecule is C=C1C(=O)C(OCC)=CC1(C)c1ccccc1. The molecule has 0 radical (unpaired) electrons. The van der Waals surface area contributed by atoms with Crippen molar-refractivity contribution in [2.24, 2.45) is 0 Å². The molecule has 2 heteroatoms. The molecule has 0 heterocycles. The van der Waals surface area contributed by atoms with Gasteiger partial charge in [-0.2, -0.15) is 0 Å². The van der Waals surface area contributed by atoms with E-state index in [1.165, 1.54) is 0 Å². The number of ketones is 1. The molecule has 1 unspecified atom stereocenters. The maximum Gasteiger partial charge on any atom is 0.223 e. The van der Waals surface area contributed by atoms with Crippen molar-refractivity contribution in [1.82, 2.24) is 0 Å². The molecule has 0 N–H and O–H groups in total. The standard InChI is InChI=1S/C15H16O2/c1-4-17-13-10-15(3,11(2)14(13)16)12-8-6-5-7-9-12/h5-10H,2,4H2,1,3H3. The maximum absolute atomic E-state index is 12.0. The van der Waals surface area contributed by atoms with Crippen LogP contribution in [0.25, 0.3) is 0 Å². The van der Waals surface area contributed by atoms with Gasteiger partial charge in [0.1, 0.15) is 0 Å². The molecule has 2 rings (SSSR count). The Morgan fingerprint density at radius 1 is 1.29 bits per heavy atom. The van der Waals surface area contributed by atoms with E-state index in [9.17, 15) is 4.79 Å². The van der Waals surface area contributed by atoms with E-state index in [4.69, 9.17) is 4.74 Å². The van der Waals surface area contributed by atoms with Crippen LogP contribution in [0.4, 0.5) is 0 Å². The molecule has 1 aliphatic carbocycles. The fourth-order valence-corrected chi connectivity index (χ4v) is 2.10. The van der Waals surface area contributed by atoms with Crippen molar-refractivity contribution < 1.29 is 9.53 Å². The van der Waals surface area contributed by atoms with Crippen LogP contribution in [0.3, 0.4) is 0 Å². The van der Waals surface area contributed by atoms with Gasteiger partial charge in [-0.25, -0.2) is 0 Å². The summed E-state index contributed by atoms with van der Waals surface area (Å²) in [6.45, 7) is 8.28. The molecule has 1 atom stereocenters. The van der Waals surface area contributed by atoms with Crippen molar-refractivity contribution in [1.29, 1.82) is 0 Å². The van der Waals surface area contributed by atoms with E-state index in [1.54, 1.807) is 0 Å². The van der Waals surface area contributed by atoms with Crippen molar-refractivity contribution in [2.45, 2.75) is 19.3 Å². The fraction of sp³-hybridized carbons (Fsp3) is 0.267. The Hall–Kier alpha value is -1.83. The molecule has 88 valence electrons. The topological polar surface area (TPSA) is 26.3 Å². The average molecular weight is 228 g/mol. The van der Waals surface area contributed by atoms with Crippen LogP contribution in [0.1, 0.15) is 19.4 Å². The first-order chi connectivity index (χ1) is 8.09. The number of allylic oxidation sites excluding steroid dienone is 2. The Labute approximate surface area is 102 Å². The van der Waals surface area contributed by atoms with E-state index < -0.39 is 5.41 Å². The van der Waals surface area contributed by atoms with Crippen molar-refractivity contribution in [3.63, 3.8) is 0 Å². The molecule has 1 aliphatic rings. The van der Waals surface area contributed by atoms with Gasteiger partial charge in [-0.1, -0.05) is 36.9 Å². The summed E-state index contributed by atoms with van der Waals surface area (Å²) in [5, 5.41) is 0. The smallest absolute Gasteiger partial charge is 0.223 e. The fourth-order valence-electron chi connectivity index (χ4n) is 2.10. The number of carbonyl (C=O) groups is 1. The van der Waals surface area contributed by atoms with E-state index in [2.05, 4.69) is 6.58 Å². The number of hydrogen-bond acceptors (Lipinski definition) is 2. The summed E-state index contributed by atoms with van der Waals surface area (Å²) in [7, 11) is 0. The van der Waals surface area contributed by atoms with Crippen LogP contribution in [0.15, 0.2) is 54.3 Å². The quantitative estimate of drug-likeness (QED) is 0.743. The first-order valence-electron chi connectivity index (χ1n) is 5.75. The normalized spacial score (nSPS) is 23.8. The van der Waals surface area contributed by atoms with Crippen molar-refractivity contribution in [2.75, 3.05) is 6.61 Å². The van der Waals surface area contributed by atoms with Gasteiger partial charge in [0.15, 0.2) is 5.76 Å². The zero-order chi connectivity index (χ0) is 12.5. The van der Waals surface area contributed by atoms with Crippen LogP contribution in [0, 0.1) is 0 Å². The number of Topliss-reactive ketones (excluding diaryl/α,β-unsaturated/α-hetero) is 1. The number of hydrogen-bond donors (Lipinski definition) is 0. The van der Waals surface area contributed by atoms with Crippen LogP contribution in [0.5, 0.6) is 0 Å². The van der Waals surface area contributed by atoms with Gasteiger partial charge in [0.05, 0.1) is 6.61 Å². The Bertz CT molecular complexity index is 485. The molecule has 2 nitrogen and oxygen atoms in total. The first kappa shape index (κ1) is 11.6. The molecule has 0 aromatic heterocycles. The first-order valence-corrected chi connectivity index (χ1v) is 5.75. The molecular formula is C15H16O2. The second-order valence-electron chi connectivity index (χ2n) is 4.32. The molecule has 0 aliphatic heterocycles. The summed E-state index contributed by atoms with van der Waals surface area (Å²) >= 11 is 0. The molecule has 1 aromatic rings. The summed E-state index contributed by atoms with van der Waals surface area (Å²) in [5.41, 5.74) is 1.20. The minimum atomic E-state index is -0.442. The molecule has 1 aromatic carbocycles. The second kappa shape index (κ2) is 4.21. The van der Waals surface area contributed by atoms with E-state index in [0.717, 1.165) is 5.56 Å². The number of benzene rings is 1. The molecular weight excluding hydrogens is 212 g/mol. The van der Waals surface area contributed by atoms with E-state index in [1.807, 2.05) is 50.3 Å². The number of carbonyl (C=O) groups excluding carboxylic acids is 1. The van der Waals surface area contributed by atoms with Gasteiger partial charge in [-0.05, 0) is 25.5 Å². The van der Waals surface area contributed by atoms with Crippen molar-refractivity contribution >= 4 is 5.78 Å². The highest BCUT2D eigenvalue weighted by Gasteiger charge is 2.40. The van der Waals surface area contributed by atoms with Crippen LogP contribution in [0.2, 0.25) is 0 Å². The van der Waals surface area contributed by atoms with Gasteiger partial charge in [-0.3, -0.25) is 4.79 Å². The summed E-state index contributed by atoms with van der Waals surface area (Å²) < 4.78 is 5.35. The minimum Gasteiger partial charge on any atom is -0.490 e. The third-order valence-electron chi connectivity index (χ3n) is 3.22. The summed E-state index contributed by atoms with van der Waals surface area (Å²) in [5.74, 6) is 0.335. The Kier molecular flexibility index (Phi) is 2.88. The third-order valence-corrected chi connectivity index (χ3v) is 3.22. The zero-order valence-corrected chi connectivity index (χ0v) is 10.2. The maximum atomic E-state index is 12.0. The van der Waals surface area contributed by atoms with Gasteiger partial charge in [0.2, 0.25) is 5.78 Å².